The van der Waals surface area contributed by atoms with E-state index in [1.54, 1.807) is 0 Å². The van der Waals surface area contributed by atoms with Crippen molar-refractivity contribution in [2.75, 3.05) is 0 Å². The molecule has 1 aromatic heterocycles. The first-order chi connectivity index (χ1) is 14.5. The number of carbonyl (C=O) groups excluding carboxylic acids is 1. The Bertz CT molecular complexity index is 1060. The van der Waals surface area contributed by atoms with Gasteiger partial charge in [-0.1, -0.05) is 38.0 Å². The maximum atomic E-state index is 8.40. The smallest absolute Gasteiger partial charge is 0.316 e. The molecule has 4 rings (SSSR count). The summed E-state index contributed by atoms with van der Waals surface area (Å²) in [6.07, 6.45) is 10.6. The Hall–Kier alpha value is -2.29. The number of ketones is 1. The fraction of sp³-hybridized carbons (Fsp3) is 0.333. The summed E-state index contributed by atoms with van der Waals surface area (Å²) in [5.41, 5.74) is 6.50. The van der Waals surface area contributed by atoms with Gasteiger partial charge in [0.1, 0.15) is 0 Å². The number of hydrogen-bond acceptors (Lipinski definition) is 2. The number of nitrogens with zero attached hydrogens (tertiary/aromatic N) is 1. The van der Waals surface area contributed by atoms with Gasteiger partial charge in [0.25, 0.3) is 0 Å². The third kappa shape index (κ3) is 6.59. The molecule has 2 N–H and O–H groups in total. The van der Waals surface area contributed by atoms with Crippen LogP contribution in [-0.2, 0) is 39.4 Å². The van der Waals surface area contributed by atoms with E-state index in [2.05, 4.69) is 55.6 Å². The third-order valence-electron chi connectivity index (χ3n) is 5.33. The molecule has 0 bridgehead atoms. The van der Waals surface area contributed by atoms with Gasteiger partial charge in [0.15, 0.2) is 0 Å². The van der Waals surface area contributed by atoms with Gasteiger partial charge in [-0.25, -0.2) is 0 Å². The maximum absolute atomic E-state index is 8.40. The number of allylic oxidation sites excluding steroid dienone is 2. The summed E-state index contributed by atoms with van der Waals surface area (Å²) >= 11 is 0. The van der Waals surface area contributed by atoms with Crippen molar-refractivity contribution < 1.29 is 30.0 Å². The largest absolute Gasteiger partial charge is 0.512 e. The minimum absolute atomic E-state index is 0. The maximum Gasteiger partial charge on any atom is 0.316 e. The van der Waals surface area contributed by atoms with Crippen molar-refractivity contribution in [1.29, 1.82) is 0 Å². The minimum atomic E-state index is 0. The molecule has 4 heteroatoms. The standard InChI is InChI=1S/C22H22N.C5H8O2.Ir/c1-2-3-7-16-8-4-11-18(14-16)22-20-13-6-10-17-9-5-12-19(15-23-22)21(17)20;1-4(6)3-5(2)7;/h4,6,8,10,13-15H,2-3,5,7,9,12H2,1H3;3,6H,1-2H3;/q-1;;/p+1/b;4-3-;. The van der Waals surface area contributed by atoms with Gasteiger partial charge in [0.2, 0.25) is 0 Å². The quantitative estimate of drug-likeness (QED) is 0.158. The zero-order valence-electron chi connectivity index (χ0n) is 18.5. The number of aromatic nitrogens is 1. The topological polar surface area (TPSA) is 54.5 Å². The van der Waals surface area contributed by atoms with Crippen LogP contribution in [0.25, 0.3) is 22.0 Å². The third-order valence-corrected chi connectivity index (χ3v) is 5.33. The predicted octanol–water partition coefficient (Wildman–Crippen LogP) is 6.54. The second-order valence-electron chi connectivity index (χ2n) is 7.97. The molecule has 0 aliphatic heterocycles. The van der Waals surface area contributed by atoms with E-state index >= 15 is 0 Å². The number of aliphatic hydroxyl groups is 1. The molecule has 3 nitrogen and oxygen atoms in total. The summed E-state index contributed by atoms with van der Waals surface area (Å²) in [7, 11) is 0. The molecule has 0 amide bonds. The molecule has 0 saturated heterocycles. The Balaban J connectivity index is 0.000000373. The van der Waals surface area contributed by atoms with Crippen LogP contribution < -0.4 is 0 Å². The van der Waals surface area contributed by atoms with Crippen LogP contribution in [0.4, 0.5) is 0 Å². The van der Waals surface area contributed by atoms with Crippen LogP contribution in [0.3, 0.4) is 0 Å². The van der Waals surface area contributed by atoms with E-state index in [0.29, 0.717) is 0 Å². The fourth-order valence-electron chi connectivity index (χ4n) is 4.02. The average molecular weight is 594 g/mol. The number of hydrogen-bond donors (Lipinski definition) is 1. The molecule has 1 radical (unpaired) electrons. The Morgan fingerprint density at radius 2 is 1.97 bits per heavy atom. The van der Waals surface area contributed by atoms with Crippen LogP contribution in [0.5, 0.6) is 0 Å². The van der Waals surface area contributed by atoms with Crippen LogP contribution in [0.2, 0.25) is 0 Å². The second kappa shape index (κ2) is 11.9. The Kier molecular flexibility index (Phi) is 9.61. The van der Waals surface area contributed by atoms with Gasteiger partial charge in [-0.3, -0.25) is 4.79 Å². The molecular formula is C27H31IrNO2. The molecule has 0 fully saturated rings. The first-order valence-electron chi connectivity index (χ1n) is 10.8. The summed E-state index contributed by atoms with van der Waals surface area (Å²) in [5.74, 6) is 0.250. The summed E-state index contributed by atoms with van der Waals surface area (Å²) < 4.78 is 0. The van der Waals surface area contributed by atoms with Gasteiger partial charge in [0.05, 0.1) is 18.8 Å². The molecule has 0 spiro atoms. The second-order valence-corrected chi connectivity index (χ2v) is 7.97. The molecule has 0 saturated carbocycles. The number of rotatable bonds is 5. The number of aliphatic hydroxyl groups excluding tert-OH is 1. The van der Waals surface area contributed by atoms with Crippen LogP contribution in [0.1, 0.15) is 56.7 Å². The van der Waals surface area contributed by atoms with E-state index in [1.165, 1.54) is 73.1 Å². The molecule has 1 heterocycles. The Labute approximate surface area is 199 Å². The molecular weight excluding hydrogens is 563 g/mol. The molecule has 1 aliphatic rings. The first kappa shape index (κ1) is 25.0. The van der Waals surface area contributed by atoms with Crippen LogP contribution in [0, 0.1) is 6.07 Å². The molecule has 31 heavy (non-hydrogen) atoms. The van der Waals surface area contributed by atoms with Gasteiger partial charge in [0, 0.05) is 26.3 Å². The average Bonchev–Trinajstić information content (AvgIpc) is 2.73. The number of unbranched alkanes of at least 4 members (excludes halogenated alkanes) is 1. The molecule has 165 valence electrons. The van der Waals surface area contributed by atoms with Gasteiger partial charge in [-0.15, -0.1) is 35.4 Å². The fourth-order valence-corrected chi connectivity index (χ4v) is 4.02. The Morgan fingerprint density at radius 3 is 2.65 bits per heavy atom. The van der Waals surface area contributed by atoms with E-state index in [1.807, 2.05) is 0 Å². The first-order valence-corrected chi connectivity index (χ1v) is 10.8. The van der Waals surface area contributed by atoms with Crippen molar-refractivity contribution in [3.05, 3.63) is 77.2 Å². The summed E-state index contributed by atoms with van der Waals surface area (Å²) in [6, 6.07) is 16.6. The molecule has 0 unspecified atom stereocenters. The molecule has 0 atom stereocenters. The summed E-state index contributed by atoms with van der Waals surface area (Å²) in [5, 5.41) is 11.1. The normalized spacial score (nSPS) is 12.5. The van der Waals surface area contributed by atoms with Crippen molar-refractivity contribution in [2.24, 2.45) is 0 Å². The van der Waals surface area contributed by atoms with Crippen molar-refractivity contribution in [2.45, 2.75) is 59.3 Å². The molecule has 1 aliphatic carbocycles. The van der Waals surface area contributed by atoms with E-state index in [0.717, 1.165) is 24.1 Å². The zero-order valence-corrected chi connectivity index (χ0v) is 20.9. The molecule has 3 aromatic rings. The van der Waals surface area contributed by atoms with E-state index in [-0.39, 0.29) is 31.6 Å². The monoisotopic (exact) mass is 594 g/mol. The predicted molar refractivity (Wildman–Crippen MR) is 126 cm³/mol. The van der Waals surface area contributed by atoms with Gasteiger partial charge >= 0.3 is 5.78 Å². The van der Waals surface area contributed by atoms with E-state index in [9.17, 15) is 0 Å². The summed E-state index contributed by atoms with van der Waals surface area (Å²) in [6.45, 7) is 5.24. The van der Waals surface area contributed by atoms with Crippen molar-refractivity contribution >= 4 is 16.6 Å². The van der Waals surface area contributed by atoms with E-state index < -0.39 is 0 Å². The van der Waals surface area contributed by atoms with Gasteiger partial charge in [-0.2, -0.15) is 0 Å². The van der Waals surface area contributed by atoms with Crippen LogP contribution in [-0.4, -0.2) is 20.7 Å². The van der Waals surface area contributed by atoms with Crippen molar-refractivity contribution in [3.8, 4) is 11.3 Å². The minimum Gasteiger partial charge on any atom is -0.512 e. The van der Waals surface area contributed by atoms with Gasteiger partial charge < -0.3 is 10.1 Å². The number of aryl methyl sites for hydroxylation is 3. The number of benzene rings is 2. The van der Waals surface area contributed by atoms with Crippen molar-refractivity contribution in [3.63, 3.8) is 0 Å². The SMILES string of the molecule is CC(=[OH+])/C=C(/C)O.CCCCc1cc[c-]c(-c2ncc3c4c(cccc24)CCC3)c1.[Ir]. The van der Waals surface area contributed by atoms with Crippen LogP contribution in [0.15, 0.2) is 54.4 Å². The van der Waals surface area contributed by atoms with Crippen molar-refractivity contribution in [1.82, 2.24) is 4.98 Å². The van der Waals surface area contributed by atoms with Crippen LogP contribution >= 0.6 is 0 Å². The zero-order chi connectivity index (χ0) is 21.5. The molecule has 2 aromatic carbocycles. The Morgan fingerprint density at radius 1 is 1.19 bits per heavy atom. The number of pyridine rings is 1. The van der Waals surface area contributed by atoms with Gasteiger partial charge in [-0.05, 0) is 60.2 Å². The summed E-state index contributed by atoms with van der Waals surface area (Å²) in [4.78, 5) is 13.2. The van der Waals surface area contributed by atoms with E-state index in [4.69, 9.17) is 14.9 Å².